The first-order valence-corrected chi connectivity index (χ1v) is 4.90. The van der Waals surface area contributed by atoms with Gasteiger partial charge in [0.05, 0.1) is 0 Å². The van der Waals surface area contributed by atoms with E-state index in [0.717, 1.165) is 13.1 Å². The van der Waals surface area contributed by atoms with Crippen LogP contribution in [0.3, 0.4) is 0 Å². The van der Waals surface area contributed by atoms with E-state index in [0.29, 0.717) is 5.41 Å². The molecule has 0 unspecified atom stereocenters. The highest BCUT2D eigenvalue weighted by molar-refractivity contribution is 5.35. The molecule has 1 N–H and O–H groups in total. The Balaban J connectivity index is 2.39. The van der Waals surface area contributed by atoms with Crippen LogP contribution in [0.2, 0.25) is 0 Å². The van der Waals surface area contributed by atoms with Crippen molar-refractivity contribution in [3.8, 4) is 0 Å². The lowest BCUT2D eigenvalue weighted by molar-refractivity contribution is 0.305. The second kappa shape index (κ2) is 2.85. The maximum Gasteiger partial charge on any atom is 0.0174 e. The van der Waals surface area contributed by atoms with Crippen molar-refractivity contribution in [2.45, 2.75) is 26.2 Å². The Labute approximate surface area is 80.2 Å². The van der Waals surface area contributed by atoms with Crippen LogP contribution < -0.4 is 5.32 Å². The zero-order valence-electron chi connectivity index (χ0n) is 8.65. The standard InChI is InChI=1S/C12H17N/c1-9-4-10(2)6-11(5-9)12(3)7-13-8-12/h4-6,13H,7-8H2,1-3H3. The molecule has 13 heavy (non-hydrogen) atoms. The van der Waals surface area contributed by atoms with E-state index in [1.54, 1.807) is 0 Å². The van der Waals surface area contributed by atoms with Crippen molar-refractivity contribution in [2.24, 2.45) is 0 Å². The van der Waals surface area contributed by atoms with Crippen LogP contribution in [0.1, 0.15) is 23.6 Å². The highest BCUT2D eigenvalue weighted by atomic mass is 15.0. The topological polar surface area (TPSA) is 12.0 Å². The Hall–Kier alpha value is -0.820. The number of hydrogen-bond acceptors (Lipinski definition) is 1. The maximum atomic E-state index is 3.34. The Bertz CT molecular complexity index is 304. The molecule has 1 aliphatic rings. The van der Waals surface area contributed by atoms with Gasteiger partial charge in [0.25, 0.3) is 0 Å². The number of aryl methyl sites for hydroxylation is 2. The third-order valence-corrected chi connectivity index (χ3v) is 2.95. The molecule has 1 nitrogen and oxygen atoms in total. The Morgan fingerprint density at radius 1 is 1.08 bits per heavy atom. The average Bonchev–Trinajstić information content (AvgIpc) is 1.98. The molecular weight excluding hydrogens is 158 g/mol. The molecule has 1 aromatic carbocycles. The highest BCUT2D eigenvalue weighted by Gasteiger charge is 2.33. The van der Waals surface area contributed by atoms with E-state index in [1.165, 1.54) is 16.7 Å². The van der Waals surface area contributed by atoms with Gasteiger partial charge in [0, 0.05) is 18.5 Å². The highest BCUT2D eigenvalue weighted by Crippen LogP contribution is 2.28. The van der Waals surface area contributed by atoms with Gasteiger partial charge in [-0.05, 0) is 19.4 Å². The van der Waals surface area contributed by atoms with Gasteiger partial charge >= 0.3 is 0 Å². The summed E-state index contributed by atoms with van der Waals surface area (Å²) in [6, 6.07) is 6.86. The molecular formula is C12H17N. The molecule has 1 aliphatic heterocycles. The summed E-state index contributed by atoms with van der Waals surface area (Å²) < 4.78 is 0. The minimum atomic E-state index is 0.386. The molecule has 0 amide bonds. The normalized spacial score (nSPS) is 19.6. The van der Waals surface area contributed by atoms with Crippen LogP contribution >= 0.6 is 0 Å². The van der Waals surface area contributed by atoms with Crippen molar-refractivity contribution < 1.29 is 0 Å². The fourth-order valence-electron chi connectivity index (χ4n) is 2.03. The van der Waals surface area contributed by atoms with E-state index in [1.807, 2.05) is 0 Å². The number of rotatable bonds is 1. The first-order chi connectivity index (χ1) is 6.10. The van der Waals surface area contributed by atoms with Gasteiger partial charge in [0.15, 0.2) is 0 Å². The van der Waals surface area contributed by atoms with Gasteiger partial charge in [-0.25, -0.2) is 0 Å². The smallest absolute Gasteiger partial charge is 0.0174 e. The summed E-state index contributed by atoms with van der Waals surface area (Å²) >= 11 is 0. The lowest BCUT2D eigenvalue weighted by Crippen LogP contribution is -2.54. The summed E-state index contributed by atoms with van der Waals surface area (Å²) in [4.78, 5) is 0. The van der Waals surface area contributed by atoms with Crippen LogP contribution in [0.15, 0.2) is 18.2 Å². The Morgan fingerprint density at radius 2 is 1.62 bits per heavy atom. The molecule has 70 valence electrons. The Kier molecular flexibility index (Phi) is 1.92. The van der Waals surface area contributed by atoms with Crippen molar-refractivity contribution in [3.05, 3.63) is 34.9 Å². The molecule has 0 atom stereocenters. The van der Waals surface area contributed by atoms with Crippen molar-refractivity contribution in [2.75, 3.05) is 13.1 Å². The molecule has 1 heterocycles. The first kappa shape index (κ1) is 8.76. The summed E-state index contributed by atoms with van der Waals surface area (Å²) in [5.41, 5.74) is 4.63. The van der Waals surface area contributed by atoms with Crippen molar-refractivity contribution in [3.63, 3.8) is 0 Å². The average molecular weight is 175 g/mol. The lowest BCUT2D eigenvalue weighted by Gasteiger charge is -2.40. The number of hydrogen-bond donors (Lipinski definition) is 1. The number of benzene rings is 1. The SMILES string of the molecule is Cc1cc(C)cc(C2(C)CNC2)c1. The van der Waals surface area contributed by atoms with E-state index < -0.39 is 0 Å². The quantitative estimate of drug-likeness (QED) is 0.689. The lowest BCUT2D eigenvalue weighted by atomic mass is 9.76. The van der Waals surface area contributed by atoms with Gasteiger partial charge in [0.1, 0.15) is 0 Å². The summed E-state index contributed by atoms with van der Waals surface area (Å²) in [5.74, 6) is 0. The van der Waals surface area contributed by atoms with Crippen LogP contribution in [0, 0.1) is 13.8 Å². The third-order valence-electron chi connectivity index (χ3n) is 2.95. The molecule has 0 radical (unpaired) electrons. The monoisotopic (exact) mass is 175 g/mol. The minimum Gasteiger partial charge on any atom is -0.315 e. The molecule has 1 aromatic rings. The van der Waals surface area contributed by atoms with Crippen LogP contribution in [0.5, 0.6) is 0 Å². The predicted octanol–water partition coefficient (Wildman–Crippen LogP) is 2.16. The Morgan fingerprint density at radius 3 is 2.00 bits per heavy atom. The van der Waals surface area contributed by atoms with E-state index in [2.05, 4.69) is 44.3 Å². The van der Waals surface area contributed by atoms with Crippen LogP contribution in [0.25, 0.3) is 0 Å². The largest absolute Gasteiger partial charge is 0.315 e. The van der Waals surface area contributed by atoms with Gasteiger partial charge in [-0.2, -0.15) is 0 Å². The van der Waals surface area contributed by atoms with Crippen molar-refractivity contribution in [1.82, 2.24) is 5.32 Å². The molecule has 0 aliphatic carbocycles. The third kappa shape index (κ3) is 1.49. The molecule has 1 fully saturated rings. The minimum absolute atomic E-state index is 0.386. The first-order valence-electron chi connectivity index (χ1n) is 4.90. The molecule has 0 spiro atoms. The van der Waals surface area contributed by atoms with E-state index in [9.17, 15) is 0 Å². The molecule has 0 bridgehead atoms. The second-order valence-electron chi connectivity index (χ2n) is 4.54. The van der Waals surface area contributed by atoms with Crippen LogP contribution in [-0.4, -0.2) is 13.1 Å². The molecule has 1 saturated heterocycles. The fraction of sp³-hybridized carbons (Fsp3) is 0.500. The van der Waals surface area contributed by atoms with Gasteiger partial charge in [-0.3, -0.25) is 0 Å². The summed E-state index contributed by atoms with van der Waals surface area (Å²) in [5, 5.41) is 3.34. The maximum absolute atomic E-state index is 3.34. The van der Waals surface area contributed by atoms with Gasteiger partial charge in [-0.15, -0.1) is 0 Å². The van der Waals surface area contributed by atoms with Crippen molar-refractivity contribution >= 4 is 0 Å². The molecule has 0 aromatic heterocycles. The van der Waals surface area contributed by atoms with Gasteiger partial charge in [0.2, 0.25) is 0 Å². The summed E-state index contributed by atoms with van der Waals surface area (Å²) in [7, 11) is 0. The van der Waals surface area contributed by atoms with Gasteiger partial charge in [-0.1, -0.05) is 36.2 Å². The molecule has 1 heteroatoms. The van der Waals surface area contributed by atoms with E-state index in [-0.39, 0.29) is 0 Å². The summed E-state index contributed by atoms with van der Waals surface area (Å²) in [6.45, 7) is 8.92. The predicted molar refractivity (Wildman–Crippen MR) is 56.1 cm³/mol. The van der Waals surface area contributed by atoms with Crippen LogP contribution in [0.4, 0.5) is 0 Å². The second-order valence-corrected chi connectivity index (χ2v) is 4.54. The summed E-state index contributed by atoms with van der Waals surface area (Å²) in [6.07, 6.45) is 0. The zero-order valence-corrected chi connectivity index (χ0v) is 8.65. The van der Waals surface area contributed by atoms with Crippen molar-refractivity contribution in [1.29, 1.82) is 0 Å². The van der Waals surface area contributed by atoms with E-state index >= 15 is 0 Å². The van der Waals surface area contributed by atoms with Crippen LogP contribution in [-0.2, 0) is 5.41 Å². The van der Waals surface area contributed by atoms with E-state index in [4.69, 9.17) is 0 Å². The molecule has 2 rings (SSSR count). The molecule has 0 saturated carbocycles. The zero-order chi connectivity index (χ0) is 9.47. The van der Waals surface area contributed by atoms with Gasteiger partial charge < -0.3 is 5.32 Å². The fourth-order valence-corrected chi connectivity index (χ4v) is 2.03. The number of nitrogens with one attached hydrogen (secondary N) is 1.